The summed E-state index contributed by atoms with van der Waals surface area (Å²) in [5.41, 5.74) is 2.17. The van der Waals surface area contributed by atoms with Gasteiger partial charge in [0.15, 0.2) is 0 Å². The predicted octanol–water partition coefficient (Wildman–Crippen LogP) is 3.09. The molecule has 1 N–H and O–H groups in total. The molecule has 1 aromatic carbocycles. The van der Waals surface area contributed by atoms with Gasteiger partial charge in [0.2, 0.25) is 11.7 Å². The number of hydrogen-bond donors (Lipinski definition) is 1. The van der Waals surface area contributed by atoms with Crippen LogP contribution in [-0.4, -0.2) is 15.1 Å². The first-order valence-electron chi connectivity index (χ1n) is 6.99. The maximum Gasteiger partial charge on any atom is 0.259 e. The van der Waals surface area contributed by atoms with E-state index in [2.05, 4.69) is 29.0 Å². The SMILES string of the molecule is Cc1ccc2[nH]c(=O)c(-c3noc(CC(C)C)n3)cc2c1. The molecule has 0 amide bonds. The number of pyridine rings is 1. The Kier molecular flexibility index (Phi) is 3.33. The van der Waals surface area contributed by atoms with E-state index in [9.17, 15) is 4.79 Å². The number of benzene rings is 1. The smallest absolute Gasteiger partial charge is 0.259 e. The van der Waals surface area contributed by atoms with Crippen molar-refractivity contribution < 1.29 is 4.52 Å². The van der Waals surface area contributed by atoms with Gasteiger partial charge in [0.05, 0.1) is 5.56 Å². The Hall–Kier alpha value is -2.43. The molecule has 0 atom stereocenters. The zero-order chi connectivity index (χ0) is 15.0. The Balaban J connectivity index is 2.09. The van der Waals surface area contributed by atoms with E-state index >= 15 is 0 Å². The Morgan fingerprint density at radius 2 is 2.10 bits per heavy atom. The van der Waals surface area contributed by atoms with Crippen molar-refractivity contribution in [1.82, 2.24) is 15.1 Å². The van der Waals surface area contributed by atoms with E-state index in [1.807, 2.05) is 31.2 Å². The lowest BCUT2D eigenvalue weighted by molar-refractivity contribution is 0.363. The van der Waals surface area contributed by atoms with Gasteiger partial charge in [-0.3, -0.25) is 4.79 Å². The summed E-state index contributed by atoms with van der Waals surface area (Å²) in [6.07, 6.45) is 0.706. The van der Waals surface area contributed by atoms with Gasteiger partial charge in [0.25, 0.3) is 5.56 Å². The minimum atomic E-state index is -0.205. The molecule has 108 valence electrons. The van der Waals surface area contributed by atoms with Crippen LogP contribution in [-0.2, 0) is 6.42 Å². The van der Waals surface area contributed by atoms with Crippen molar-refractivity contribution in [2.24, 2.45) is 5.92 Å². The third-order valence-corrected chi connectivity index (χ3v) is 3.29. The van der Waals surface area contributed by atoms with E-state index in [0.717, 1.165) is 16.5 Å². The molecular formula is C16H17N3O2. The van der Waals surface area contributed by atoms with Gasteiger partial charge in [-0.15, -0.1) is 0 Å². The van der Waals surface area contributed by atoms with Crippen LogP contribution < -0.4 is 5.56 Å². The molecule has 5 heteroatoms. The second-order valence-corrected chi connectivity index (χ2v) is 5.71. The fourth-order valence-corrected chi connectivity index (χ4v) is 2.29. The van der Waals surface area contributed by atoms with Crippen molar-refractivity contribution in [3.8, 4) is 11.4 Å². The Labute approximate surface area is 122 Å². The average Bonchev–Trinajstić information content (AvgIpc) is 2.86. The standard InChI is InChI=1S/C16H17N3O2/c1-9(2)6-14-18-15(19-21-14)12-8-11-7-10(3)4-5-13(11)17-16(12)20/h4-5,7-9H,6H2,1-3H3,(H,17,20). The van der Waals surface area contributed by atoms with E-state index in [1.54, 1.807) is 0 Å². The van der Waals surface area contributed by atoms with Crippen molar-refractivity contribution in [1.29, 1.82) is 0 Å². The van der Waals surface area contributed by atoms with Crippen LogP contribution in [0.4, 0.5) is 0 Å². The van der Waals surface area contributed by atoms with Gasteiger partial charge in [-0.25, -0.2) is 0 Å². The zero-order valence-electron chi connectivity index (χ0n) is 12.3. The number of aromatic amines is 1. The van der Waals surface area contributed by atoms with E-state index in [4.69, 9.17) is 4.52 Å². The molecule has 0 spiro atoms. The normalized spacial score (nSPS) is 11.4. The second kappa shape index (κ2) is 5.16. The van der Waals surface area contributed by atoms with Crippen molar-refractivity contribution in [3.05, 3.63) is 46.1 Å². The topological polar surface area (TPSA) is 71.8 Å². The highest BCUT2D eigenvalue weighted by Crippen LogP contribution is 2.19. The number of nitrogens with zero attached hydrogens (tertiary/aromatic N) is 2. The van der Waals surface area contributed by atoms with E-state index in [1.165, 1.54) is 0 Å². The molecule has 5 nitrogen and oxygen atoms in total. The first-order valence-corrected chi connectivity index (χ1v) is 6.99. The molecule has 2 heterocycles. The first kappa shape index (κ1) is 13.5. The molecule has 2 aromatic heterocycles. The number of aryl methyl sites for hydroxylation is 1. The minimum Gasteiger partial charge on any atom is -0.339 e. The van der Waals surface area contributed by atoms with Gasteiger partial charge in [0.1, 0.15) is 0 Å². The maximum absolute atomic E-state index is 12.2. The molecule has 0 aliphatic heterocycles. The predicted molar refractivity (Wildman–Crippen MR) is 81.1 cm³/mol. The lowest BCUT2D eigenvalue weighted by Gasteiger charge is -2.01. The van der Waals surface area contributed by atoms with Gasteiger partial charge in [-0.2, -0.15) is 4.98 Å². The largest absolute Gasteiger partial charge is 0.339 e. The Morgan fingerprint density at radius 1 is 1.29 bits per heavy atom. The van der Waals surface area contributed by atoms with Crippen molar-refractivity contribution >= 4 is 10.9 Å². The van der Waals surface area contributed by atoms with Crippen LogP contribution >= 0.6 is 0 Å². The van der Waals surface area contributed by atoms with Crippen LogP contribution in [0.3, 0.4) is 0 Å². The van der Waals surface area contributed by atoms with Crippen molar-refractivity contribution in [3.63, 3.8) is 0 Å². The van der Waals surface area contributed by atoms with Crippen molar-refractivity contribution in [2.75, 3.05) is 0 Å². The lowest BCUT2D eigenvalue weighted by atomic mass is 10.1. The van der Waals surface area contributed by atoms with Gasteiger partial charge >= 0.3 is 0 Å². The molecule has 3 rings (SSSR count). The van der Waals surface area contributed by atoms with Crippen LogP contribution in [0.5, 0.6) is 0 Å². The average molecular weight is 283 g/mol. The van der Waals surface area contributed by atoms with Crippen LogP contribution in [0.2, 0.25) is 0 Å². The van der Waals surface area contributed by atoms with Crippen LogP contribution in [0.25, 0.3) is 22.3 Å². The monoisotopic (exact) mass is 283 g/mol. The molecular weight excluding hydrogens is 266 g/mol. The molecule has 0 saturated heterocycles. The summed E-state index contributed by atoms with van der Waals surface area (Å²) in [5.74, 6) is 1.33. The number of aromatic nitrogens is 3. The molecule has 3 aromatic rings. The van der Waals surface area contributed by atoms with E-state index in [0.29, 0.717) is 29.6 Å². The highest BCUT2D eigenvalue weighted by Gasteiger charge is 2.14. The summed E-state index contributed by atoms with van der Waals surface area (Å²) in [5, 5.41) is 4.88. The van der Waals surface area contributed by atoms with E-state index < -0.39 is 0 Å². The maximum atomic E-state index is 12.2. The summed E-state index contributed by atoms with van der Waals surface area (Å²) in [4.78, 5) is 19.3. The third-order valence-electron chi connectivity index (χ3n) is 3.29. The second-order valence-electron chi connectivity index (χ2n) is 5.71. The lowest BCUT2D eigenvalue weighted by Crippen LogP contribution is -2.09. The van der Waals surface area contributed by atoms with Gasteiger partial charge in [0, 0.05) is 11.9 Å². The van der Waals surface area contributed by atoms with Crippen LogP contribution in [0.15, 0.2) is 33.6 Å². The molecule has 0 saturated carbocycles. The fraction of sp³-hybridized carbons (Fsp3) is 0.312. The highest BCUT2D eigenvalue weighted by atomic mass is 16.5. The van der Waals surface area contributed by atoms with Gasteiger partial charge < -0.3 is 9.51 Å². The number of hydrogen-bond acceptors (Lipinski definition) is 4. The molecule has 0 radical (unpaired) electrons. The minimum absolute atomic E-state index is 0.205. The summed E-state index contributed by atoms with van der Waals surface area (Å²) in [6.45, 7) is 6.17. The summed E-state index contributed by atoms with van der Waals surface area (Å²) < 4.78 is 5.21. The van der Waals surface area contributed by atoms with Gasteiger partial charge in [-0.1, -0.05) is 30.6 Å². The van der Waals surface area contributed by atoms with Crippen LogP contribution in [0, 0.1) is 12.8 Å². The first-order chi connectivity index (χ1) is 10.0. The highest BCUT2D eigenvalue weighted by molar-refractivity contribution is 5.82. The van der Waals surface area contributed by atoms with Crippen LogP contribution in [0.1, 0.15) is 25.3 Å². The molecule has 0 bridgehead atoms. The van der Waals surface area contributed by atoms with Gasteiger partial charge in [-0.05, 0) is 36.4 Å². The molecule has 0 aliphatic carbocycles. The summed E-state index contributed by atoms with van der Waals surface area (Å²) in [7, 11) is 0. The van der Waals surface area contributed by atoms with Crippen molar-refractivity contribution in [2.45, 2.75) is 27.2 Å². The quantitative estimate of drug-likeness (QED) is 0.801. The third kappa shape index (κ3) is 2.72. The fourth-order valence-electron chi connectivity index (χ4n) is 2.29. The molecule has 0 unspecified atom stereocenters. The number of rotatable bonds is 3. The molecule has 0 fully saturated rings. The molecule has 0 aliphatic rings. The summed E-state index contributed by atoms with van der Waals surface area (Å²) >= 11 is 0. The Bertz CT molecular complexity index is 846. The number of fused-ring (bicyclic) bond motifs is 1. The number of nitrogens with one attached hydrogen (secondary N) is 1. The molecule has 21 heavy (non-hydrogen) atoms. The number of H-pyrrole nitrogens is 1. The zero-order valence-corrected chi connectivity index (χ0v) is 12.3. The summed E-state index contributed by atoms with van der Waals surface area (Å²) in [6, 6.07) is 7.69. The Morgan fingerprint density at radius 3 is 2.86 bits per heavy atom. The van der Waals surface area contributed by atoms with E-state index in [-0.39, 0.29) is 5.56 Å².